The summed E-state index contributed by atoms with van der Waals surface area (Å²) < 4.78 is 31.9. The lowest BCUT2D eigenvalue weighted by atomic mass is 10.0. The number of rotatable bonds is 5. The number of halogens is 3. The van der Waals surface area contributed by atoms with E-state index >= 15 is 0 Å². The molecular formula is C14H15F2INO3+. The molecular weight excluding hydrogens is 395 g/mol. The average molecular weight is 410 g/mol. The lowest BCUT2D eigenvalue weighted by molar-refractivity contribution is -0.801. The van der Waals surface area contributed by atoms with E-state index in [0.29, 0.717) is 11.0 Å². The first-order chi connectivity index (χ1) is 9.77. The van der Waals surface area contributed by atoms with Crippen molar-refractivity contribution in [2.75, 3.05) is 20.7 Å². The van der Waals surface area contributed by atoms with Crippen molar-refractivity contribution in [2.24, 2.45) is 0 Å². The van der Waals surface area contributed by atoms with Crippen molar-refractivity contribution in [1.29, 1.82) is 0 Å². The number of ketones is 1. The lowest BCUT2D eigenvalue weighted by Crippen LogP contribution is -3.00. The van der Waals surface area contributed by atoms with Gasteiger partial charge in [0.05, 0.1) is 26.3 Å². The van der Waals surface area contributed by atoms with Crippen LogP contribution >= 0.6 is 22.6 Å². The Kier molecular flexibility index (Phi) is 6.41. The molecule has 0 spiro atoms. The zero-order valence-corrected chi connectivity index (χ0v) is 14.0. The molecule has 0 aromatic heterocycles. The van der Waals surface area contributed by atoms with Gasteiger partial charge in [0.1, 0.15) is 17.8 Å². The minimum atomic E-state index is -1.01. The van der Waals surface area contributed by atoms with E-state index in [9.17, 15) is 18.4 Å². The van der Waals surface area contributed by atoms with Gasteiger partial charge in [-0.2, -0.15) is 0 Å². The van der Waals surface area contributed by atoms with Gasteiger partial charge in [0.25, 0.3) is 0 Å². The van der Waals surface area contributed by atoms with Crippen LogP contribution < -0.4 is 4.90 Å². The molecule has 0 bridgehead atoms. The van der Waals surface area contributed by atoms with Gasteiger partial charge in [-0.25, -0.2) is 13.6 Å². The SMILES string of the molecule is CCOC(=O)C(=C[NH+](C)C)C(=O)c1cc(I)c(F)cc1F. The fourth-order valence-corrected chi connectivity index (χ4v) is 2.02. The molecule has 0 amide bonds. The summed E-state index contributed by atoms with van der Waals surface area (Å²) >= 11 is 1.65. The van der Waals surface area contributed by atoms with Gasteiger partial charge in [0.15, 0.2) is 5.57 Å². The van der Waals surface area contributed by atoms with Crippen LogP contribution in [0.3, 0.4) is 0 Å². The van der Waals surface area contributed by atoms with Gasteiger partial charge in [0.2, 0.25) is 5.78 Å². The van der Waals surface area contributed by atoms with Gasteiger partial charge in [-0.3, -0.25) is 4.79 Å². The van der Waals surface area contributed by atoms with Crippen LogP contribution in [0.15, 0.2) is 23.9 Å². The first-order valence-corrected chi connectivity index (χ1v) is 7.24. The van der Waals surface area contributed by atoms with Gasteiger partial charge in [-0.15, -0.1) is 0 Å². The number of ether oxygens (including phenoxy) is 1. The second kappa shape index (κ2) is 7.60. The molecule has 0 unspecified atom stereocenters. The second-order valence-corrected chi connectivity index (χ2v) is 5.59. The van der Waals surface area contributed by atoms with Crippen LogP contribution in [0.25, 0.3) is 0 Å². The number of quaternary nitrogens is 1. The third-order valence-electron chi connectivity index (χ3n) is 2.43. The maximum absolute atomic E-state index is 13.8. The highest BCUT2D eigenvalue weighted by Gasteiger charge is 2.26. The summed E-state index contributed by atoms with van der Waals surface area (Å²) in [5.41, 5.74) is -0.639. The molecule has 0 heterocycles. The monoisotopic (exact) mass is 410 g/mol. The normalized spacial score (nSPS) is 11.7. The molecule has 7 heteroatoms. The summed E-state index contributed by atoms with van der Waals surface area (Å²) in [6, 6.07) is 1.70. The van der Waals surface area contributed by atoms with Crippen LogP contribution in [0.1, 0.15) is 17.3 Å². The molecule has 1 aromatic rings. The minimum Gasteiger partial charge on any atom is -0.462 e. The standard InChI is InChI=1S/C14H14F2INO3/c1-4-21-14(20)9(7-18(2)3)13(19)8-5-12(17)11(16)6-10(8)15/h5-7H,4H2,1-3H3/p+1. The molecule has 4 nitrogen and oxygen atoms in total. The summed E-state index contributed by atoms with van der Waals surface area (Å²) in [5.74, 6) is -3.43. The van der Waals surface area contributed by atoms with Crippen molar-refractivity contribution in [2.45, 2.75) is 6.92 Å². The zero-order chi connectivity index (χ0) is 16.2. The van der Waals surface area contributed by atoms with E-state index in [0.717, 1.165) is 6.07 Å². The fourth-order valence-electron chi connectivity index (χ4n) is 1.56. The largest absolute Gasteiger partial charge is 0.462 e. The molecule has 0 radical (unpaired) electrons. The van der Waals surface area contributed by atoms with E-state index in [4.69, 9.17) is 4.74 Å². The van der Waals surface area contributed by atoms with Gasteiger partial charge < -0.3 is 9.64 Å². The van der Waals surface area contributed by atoms with Crippen molar-refractivity contribution in [3.05, 3.63) is 44.7 Å². The number of hydrogen-bond donors (Lipinski definition) is 1. The first kappa shape index (κ1) is 17.7. The molecule has 1 rings (SSSR count). The predicted octanol–water partition coefficient (Wildman–Crippen LogP) is 1.34. The Morgan fingerprint density at radius 2 is 1.90 bits per heavy atom. The molecule has 1 N–H and O–H groups in total. The summed E-state index contributed by atoms with van der Waals surface area (Å²) in [7, 11) is 3.38. The Bertz CT molecular complexity index is 600. The fraction of sp³-hybridized carbons (Fsp3) is 0.286. The van der Waals surface area contributed by atoms with Crippen LogP contribution in [0.2, 0.25) is 0 Å². The van der Waals surface area contributed by atoms with Crippen LogP contribution in [-0.2, 0) is 9.53 Å². The molecule has 21 heavy (non-hydrogen) atoms. The molecule has 0 aliphatic carbocycles. The number of carbonyl (C=O) groups is 2. The van der Waals surface area contributed by atoms with E-state index in [-0.39, 0.29) is 21.3 Å². The van der Waals surface area contributed by atoms with E-state index in [2.05, 4.69) is 0 Å². The van der Waals surface area contributed by atoms with Crippen molar-refractivity contribution < 1.29 is 28.0 Å². The third kappa shape index (κ3) is 4.57. The highest BCUT2D eigenvalue weighted by Crippen LogP contribution is 2.19. The molecule has 0 atom stereocenters. The van der Waals surface area contributed by atoms with Crippen molar-refractivity contribution in [1.82, 2.24) is 0 Å². The zero-order valence-electron chi connectivity index (χ0n) is 11.8. The molecule has 0 aliphatic rings. The number of esters is 1. The Hall–Kier alpha value is -1.35. The maximum atomic E-state index is 13.8. The minimum absolute atomic E-state index is 0.0929. The Labute approximate surface area is 134 Å². The molecule has 0 aliphatic heterocycles. The number of benzene rings is 1. The van der Waals surface area contributed by atoms with E-state index < -0.39 is 23.4 Å². The number of Topliss-reactive ketones (excluding diaryl/α,β-unsaturated/α-hetero) is 1. The maximum Gasteiger partial charge on any atom is 0.347 e. The molecule has 0 fully saturated rings. The highest BCUT2D eigenvalue weighted by molar-refractivity contribution is 14.1. The van der Waals surface area contributed by atoms with Gasteiger partial charge in [-0.05, 0) is 35.6 Å². The summed E-state index contributed by atoms with van der Waals surface area (Å²) in [5, 5.41) is 0. The van der Waals surface area contributed by atoms with Crippen molar-refractivity contribution >= 4 is 34.3 Å². The van der Waals surface area contributed by atoms with Gasteiger partial charge >= 0.3 is 5.97 Å². The summed E-state index contributed by atoms with van der Waals surface area (Å²) in [4.78, 5) is 24.9. The number of hydrogen-bond acceptors (Lipinski definition) is 3. The Morgan fingerprint density at radius 3 is 2.43 bits per heavy atom. The van der Waals surface area contributed by atoms with E-state index in [1.807, 2.05) is 0 Å². The molecule has 0 saturated heterocycles. The summed E-state index contributed by atoms with van der Waals surface area (Å²) in [6.45, 7) is 1.69. The quantitative estimate of drug-likeness (QED) is 0.152. The van der Waals surface area contributed by atoms with E-state index in [1.165, 1.54) is 6.20 Å². The smallest absolute Gasteiger partial charge is 0.347 e. The van der Waals surface area contributed by atoms with Gasteiger partial charge in [0, 0.05) is 9.64 Å². The van der Waals surface area contributed by atoms with E-state index in [1.54, 1.807) is 43.6 Å². The Balaban J connectivity index is 3.30. The van der Waals surface area contributed by atoms with Crippen molar-refractivity contribution in [3.63, 3.8) is 0 Å². The second-order valence-electron chi connectivity index (χ2n) is 4.43. The number of carbonyl (C=O) groups excluding carboxylic acids is 2. The number of nitrogens with one attached hydrogen (secondary N) is 1. The predicted molar refractivity (Wildman–Crippen MR) is 80.9 cm³/mol. The van der Waals surface area contributed by atoms with Crippen LogP contribution in [-0.4, -0.2) is 32.5 Å². The third-order valence-corrected chi connectivity index (χ3v) is 3.25. The van der Waals surface area contributed by atoms with Crippen LogP contribution in [0.5, 0.6) is 0 Å². The first-order valence-electron chi connectivity index (χ1n) is 6.16. The van der Waals surface area contributed by atoms with Crippen molar-refractivity contribution in [3.8, 4) is 0 Å². The Morgan fingerprint density at radius 1 is 1.29 bits per heavy atom. The molecule has 1 aromatic carbocycles. The lowest BCUT2D eigenvalue weighted by Gasteiger charge is -2.09. The molecule has 114 valence electrons. The van der Waals surface area contributed by atoms with Gasteiger partial charge in [-0.1, -0.05) is 0 Å². The topological polar surface area (TPSA) is 47.8 Å². The average Bonchev–Trinajstić information content (AvgIpc) is 2.39. The molecule has 0 saturated carbocycles. The summed E-state index contributed by atoms with van der Waals surface area (Å²) in [6.07, 6.45) is 1.33. The van der Waals surface area contributed by atoms with Crippen LogP contribution in [0.4, 0.5) is 8.78 Å². The highest BCUT2D eigenvalue weighted by atomic mass is 127. The van der Waals surface area contributed by atoms with Crippen LogP contribution in [0, 0.1) is 15.2 Å².